The van der Waals surface area contributed by atoms with Gasteiger partial charge >= 0.3 is 5.97 Å². The Hall–Kier alpha value is -2.04. The van der Waals surface area contributed by atoms with Crippen LogP contribution in [0.1, 0.15) is 21.6 Å². The second-order valence-corrected chi connectivity index (χ2v) is 5.71. The van der Waals surface area contributed by atoms with Crippen molar-refractivity contribution >= 4 is 34.8 Å². The molecule has 22 heavy (non-hydrogen) atoms. The molecule has 0 fully saturated rings. The predicted octanol–water partition coefficient (Wildman–Crippen LogP) is 4.31. The molecule has 112 valence electrons. The van der Waals surface area contributed by atoms with Crippen molar-refractivity contribution in [3.8, 4) is 0 Å². The molecule has 0 atom stereocenters. The second kappa shape index (κ2) is 5.99. The molecule has 0 amide bonds. The smallest absolute Gasteiger partial charge is 0.357 e. The summed E-state index contributed by atoms with van der Waals surface area (Å²) in [6.45, 7) is 2.09. The number of ether oxygens (including phenoxy) is 1. The highest BCUT2D eigenvalue weighted by atomic mass is 35.5. The average Bonchev–Trinajstić information content (AvgIpc) is 2.91. The number of aryl methyl sites for hydroxylation is 1. The molecule has 0 aliphatic rings. The van der Waals surface area contributed by atoms with Crippen molar-refractivity contribution in [3.05, 3.63) is 69.6 Å². The summed E-state index contributed by atoms with van der Waals surface area (Å²) >= 11 is 11.8. The van der Waals surface area contributed by atoms with Gasteiger partial charge in [0.05, 0.1) is 16.2 Å². The summed E-state index contributed by atoms with van der Waals surface area (Å²) < 4.78 is 7.00. The number of benzene rings is 1. The molecule has 0 radical (unpaired) electrons. The molecule has 0 aliphatic heterocycles. The fourth-order valence-corrected chi connectivity index (χ4v) is 2.41. The van der Waals surface area contributed by atoms with E-state index >= 15 is 0 Å². The second-order valence-electron chi connectivity index (χ2n) is 4.90. The van der Waals surface area contributed by atoms with Crippen molar-refractivity contribution in [2.75, 3.05) is 0 Å². The third kappa shape index (κ3) is 2.93. The molecule has 0 aliphatic carbocycles. The third-order valence-electron chi connectivity index (χ3n) is 3.23. The normalized spacial score (nSPS) is 10.9. The molecule has 1 aromatic carbocycles. The Morgan fingerprint density at radius 2 is 2.05 bits per heavy atom. The Kier molecular flexibility index (Phi) is 4.05. The highest BCUT2D eigenvalue weighted by molar-refractivity contribution is 6.42. The van der Waals surface area contributed by atoms with Gasteiger partial charge in [-0.25, -0.2) is 9.78 Å². The van der Waals surface area contributed by atoms with Crippen molar-refractivity contribution < 1.29 is 9.53 Å². The zero-order chi connectivity index (χ0) is 15.7. The maximum Gasteiger partial charge on any atom is 0.357 e. The van der Waals surface area contributed by atoms with Gasteiger partial charge in [-0.1, -0.05) is 29.3 Å². The predicted molar refractivity (Wildman–Crippen MR) is 85.5 cm³/mol. The molecule has 0 saturated heterocycles. The van der Waals surface area contributed by atoms with E-state index in [9.17, 15) is 4.79 Å². The van der Waals surface area contributed by atoms with Crippen molar-refractivity contribution in [1.29, 1.82) is 0 Å². The minimum atomic E-state index is -0.442. The van der Waals surface area contributed by atoms with E-state index in [-0.39, 0.29) is 6.61 Å². The largest absolute Gasteiger partial charge is 0.456 e. The molecule has 0 unspecified atom stereocenters. The van der Waals surface area contributed by atoms with E-state index in [1.165, 1.54) is 6.20 Å². The van der Waals surface area contributed by atoms with Crippen LogP contribution in [0, 0.1) is 6.92 Å². The first kappa shape index (κ1) is 14.9. The van der Waals surface area contributed by atoms with Crippen LogP contribution in [0.15, 0.2) is 42.7 Å². The minimum Gasteiger partial charge on any atom is -0.456 e. The first-order chi connectivity index (χ1) is 10.5. The first-order valence-corrected chi connectivity index (χ1v) is 7.35. The van der Waals surface area contributed by atoms with E-state index in [2.05, 4.69) is 4.98 Å². The number of aromatic nitrogens is 2. The minimum absolute atomic E-state index is 0.120. The number of hydrogen-bond donors (Lipinski definition) is 0. The maximum atomic E-state index is 12.2. The molecule has 3 rings (SSSR count). The fourth-order valence-electron chi connectivity index (χ4n) is 2.09. The summed E-state index contributed by atoms with van der Waals surface area (Å²) in [5, 5.41) is 0.898. The highest BCUT2D eigenvalue weighted by Gasteiger charge is 2.14. The van der Waals surface area contributed by atoms with Gasteiger partial charge in [0, 0.05) is 6.20 Å². The van der Waals surface area contributed by atoms with Gasteiger partial charge in [0.1, 0.15) is 12.3 Å². The fraction of sp³-hybridized carbons (Fsp3) is 0.125. The SMILES string of the molecule is Cc1ccn2c(C(=O)OCc3ccc(Cl)c(Cl)c3)cnc2c1. The number of hydrogen-bond acceptors (Lipinski definition) is 3. The summed E-state index contributed by atoms with van der Waals surface area (Å²) in [4.78, 5) is 16.4. The van der Waals surface area contributed by atoms with Crippen LogP contribution in [-0.4, -0.2) is 15.4 Å². The van der Waals surface area contributed by atoms with Crippen molar-refractivity contribution in [2.45, 2.75) is 13.5 Å². The number of carbonyl (C=O) groups excluding carboxylic acids is 1. The number of imidazole rings is 1. The van der Waals surface area contributed by atoms with E-state index < -0.39 is 5.97 Å². The number of fused-ring (bicyclic) bond motifs is 1. The molecule has 2 aromatic heterocycles. The zero-order valence-electron chi connectivity index (χ0n) is 11.7. The molecule has 6 heteroatoms. The number of rotatable bonds is 3. The van der Waals surface area contributed by atoms with Crippen LogP contribution in [0.3, 0.4) is 0 Å². The van der Waals surface area contributed by atoms with Crippen LogP contribution >= 0.6 is 23.2 Å². The number of halogens is 2. The number of nitrogens with zero attached hydrogens (tertiary/aromatic N) is 2. The molecule has 0 bridgehead atoms. The van der Waals surface area contributed by atoms with Crippen molar-refractivity contribution in [2.24, 2.45) is 0 Å². The van der Waals surface area contributed by atoms with Crippen LogP contribution in [0.2, 0.25) is 10.0 Å². The molecule has 0 spiro atoms. The summed E-state index contributed by atoms with van der Waals surface area (Å²) in [6, 6.07) is 8.92. The number of esters is 1. The lowest BCUT2D eigenvalue weighted by Crippen LogP contribution is -2.08. The van der Waals surface area contributed by atoms with Crippen LogP contribution in [0.25, 0.3) is 5.65 Å². The van der Waals surface area contributed by atoms with E-state index in [0.29, 0.717) is 21.4 Å². The number of carbonyl (C=O) groups is 1. The molecule has 0 N–H and O–H groups in total. The Balaban J connectivity index is 1.77. The first-order valence-electron chi connectivity index (χ1n) is 6.59. The quantitative estimate of drug-likeness (QED) is 0.670. The summed E-state index contributed by atoms with van der Waals surface area (Å²) in [5.41, 5.74) is 2.94. The number of pyridine rings is 1. The Labute approximate surface area is 137 Å². The average molecular weight is 335 g/mol. The summed E-state index contributed by atoms with van der Waals surface area (Å²) in [7, 11) is 0. The Bertz CT molecular complexity index is 858. The Morgan fingerprint density at radius 1 is 1.23 bits per heavy atom. The lowest BCUT2D eigenvalue weighted by molar-refractivity contribution is 0.0464. The van der Waals surface area contributed by atoms with Gasteiger partial charge < -0.3 is 4.74 Å². The zero-order valence-corrected chi connectivity index (χ0v) is 13.2. The molecule has 0 saturated carbocycles. The van der Waals surface area contributed by atoms with Crippen molar-refractivity contribution in [3.63, 3.8) is 0 Å². The van der Waals surface area contributed by atoms with E-state index in [1.54, 1.807) is 28.8 Å². The highest BCUT2D eigenvalue weighted by Crippen LogP contribution is 2.23. The van der Waals surface area contributed by atoms with E-state index in [1.807, 2.05) is 19.1 Å². The monoisotopic (exact) mass is 334 g/mol. The topological polar surface area (TPSA) is 43.6 Å². The Morgan fingerprint density at radius 3 is 2.82 bits per heavy atom. The molecule has 2 heterocycles. The van der Waals surface area contributed by atoms with Crippen LogP contribution in [0.5, 0.6) is 0 Å². The van der Waals surface area contributed by atoms with Crippen LogP contribution in [0.4, 0.5) is 0 Å². The van der Waals surface area contributed by atoms with E-state index in [4.69, 9.17) is 27.9 Å². The van der Waals surface area contributed by atoms with E-state index in [0.717, 1.165) is 11.1 Å². The van der Waals surface area contributed by atoms with Gasteiger partial charge in [0.2, 0.25) is 0 Å². The van der Waals surface area contributed by atoms with Gasteiger partial charge in [-0.05, 0) is 42.3 Å². The van der Waals surface area contributed by atoms with Crippen molar-refractivity contribution in [1.82, 2.24) is 9.38 Å². The lowest BCUT2D eigenvalue weighted by Gasteiger charge is -2.06. The van der Waals surface area contributed by atoms with Gasteiger partial charge in [0.25, 0.3) is 0 Å². The maximum absolute atomic E-state index is 12.2. The van der Waals surface area contributed by atoms with Crippen LogP contribution in [-0.2, 0) is 11.3 Å². The molecular formula is C16H12Cl2N2O2. The molecule has 3 aromatic rings. The standard InChI is InChI=1S/C16H12Cl2N2O2/c1-10-4-5-20-14(8-19-15(20)6-10)16(21)22-9-11-2-3-12(17)13(18)7-11/h2-8H,9H2,1H3. The van der Waals surface area contributed by atoms with Crippen LogP contribution < -0.4 is 0 Å². The summed E-state index contributed by atoms with van der Waals surface area (Å²) in [5.74, 6) is -0.442. The lowest BCUT2D eigenvalue weighted by atomic mass is 10.2. The molecular weight excluding hydrogens is 323 g/mol. The summed E-state index contributed by atoms with van der Waals surface area (Å²) in [6.07, 6.45) is 3.30. The van der Waals surface area contributed by atoms with Gasteiger partial charge in [-0.15, -0.1) is 0 Å². The van der Waals surface area contributed by atoms with Gasteiger partial charge in [-0.2, -0.15) is 0 Å². The third-order valence-corrected chi connectivity index (χ3v) is 3.97. The van der Waals surface area contributed by atoms with Gasteiger partial charge in [-0.3, -0.25) is 4.40 Å². The molecule has 4 nitrogen and oxygen atoms in total. The van der Waals surface area contributed by atoms with Gasteiger partial charge in [0.15, 0.2) is 5.69 Å².